The molecule has 11 heteroatoms. The number of alkyl halides is 3. The quantitative estimate of drug-likeness (QED) is 0.234. The standard InChI is InChI=1S/C18H24F3N5O2.HI/c1-4-22-17(25-11-13-10-15(12(2)3)26-28-13)24-8-9-27-16-14(18(19,20)21)6-5-7-23-16;/h5-7,10,12H,4,8-9,11H2,1-3H3,(H2,22,24,25);1H. The van der Waals surface area contributed by atoms with E-state index in [4.69, 9.17) is 9.26 Å². The molecule has 2 heterocycles. The number of aromatic nitrogens is 2. The van der Waals surface area contributed by atoms with Crippen molar-refractivity contribution in [1.82, 2.24) is 20.8 Å². The van der Waals surface area contributed by atoms with Gasteiger partial charge in [0, 0.05) is 18.8 Å². The highest BCUT2D eigenvalue weighted by atomic mass is 127. The molecule has 0 aromatic carbocycles. The zero-order chi connectivity index (χ0) is 20.6. The first-order chi connectivity index (χ1) is 13.3. The summed E-state index contributed by atoms with van der Waals surface area (Å²) in [6.07, 6.45) is -3.26. The fraction of sp³-hybridized carbons (Fsp3) is 0.500. The van der Waals surface area contributed by atoms with Crippen LogP contribution in [0, 0.1) is 0 Å². The Hall–Kier alpha value is -2.05. The van der Waals surface area contributed by atoms with Crippen LogP contribution < -0.4 is 15.4 Å². The Morgan fingerprint density at radius 1 is 1.31 bits per heavy atom. The molecule has 0 aliphatic carbocycles. The number of hydrogen-bond acceptors (Lipinski definition) is 5. The summed E-state index contributed by atoms with van der Waals surface area (Å²) in [5.74, 6) is 0.936. The van der Waals surface area contributed by atoms with Gasteiger partial charge in [0.15, 0.2) is 11.7 Å². The van der Waals surface area contributed by atoms with Crippen molar-refractivity contribution in [2.75, 3.05) is 19.7 Å². The van der Waals surface area contributed by atoms with Gasteiger partial charge in [-0.1, -0.05) is 19.0 Å². The number of aliphatic imine (C=N–C) groups is 1. The molecular weight excluding hydrogens is 502 g/mol. The second kappa shape index (κ2) is 11.8. The fourth-order valence-corrected chi connectivity index (χ4v) is 2.21. The molecule has 0 unspecified atom stereocenters. The van der Waals surface area contributed by atoms with Crippen LogP contribution in [0.5, 0.6) is 5.88 Å². The Balaban J connectivity index is 0.00000420. The molecule has 0 aliphatic rings. The minimum absolute atomic E-state index is 0. The Bertz CT molecular complexity index is 781. The SMILES string of the molecule is CCNC(=NCc1cc(C(C)C)no1)NCCOc1ncccc1C(F)(F)F.I. The van der Waals surface area contributed by atoms with Crippen LogP contribution in [-0.2, 0) is 12.7 Å². The molecule has 0 radical (unpaired) electrons. The van der Waals surface area contributed by atoms with Crippen molar-refractivity contribution < 1.29 is 22.4 Å². The van der Waals surface area contributed by atoms with Gasteiger partial charge in [-0.15, -0.1) is 24.0 Å². The van der Waals surface area contributed by atoms with Crippen LogP contribution in [0.1, 0.15) is 43.7 Å². The van der Waals surface area contributed by atoms with Crippen LogP contribution in [0.4, 0.5) is 13.2 Å². The van der Waals surface area contributed by atoms with Crippen molar-refractivity contribution in [1.29, 1.82) is 0 Å². The van der Waals surface area contributed by atoms with E-state index in [2.05, 4.69) is 25.8 Å². The monoisotopic (exact) mass is 527 g/mol. The first kappa shape index (κ1) is 25.0. The molecule has 2 aromatic rings. The Morgan fingerprint density at radius 3 is 2.69 bits per heavy atom. The van der Waals surface area contributed by atoms with E-state index in [1.165, 1.54) is 12.3 Å². The first-order valence-corrected chi connectivity index (χ1v) is 8.94. The van der Waals surface area contributed by atoms with Crippen LogP contribution in [-0.4, -0.2) is 35.8 Å². The van der Waals surface area contributed by atoms with Gasteiger partial charge in [0.2, 0.25) is 5.88 Å². The molecule has 0 atom stereocenters. The van der Waals surface area contributed by atoms with Gasteiger partial charge in [-0.05, 0) is 25.0 Å². The third-order valence-electron chi connectivity index (χ3n) is 3.62. The molecule has 0 saturated heterocycles. The highest BCUT2D eigenvalue weighted by Gasteiger charge is 2.34. The molecule has 2 rings (SSSR count). The molecule has 0 bridgehead atoms. The summed E-state index contributed by atoms with van der Waals surface area (Å²) in [6.45, 7) is 7.08. The molecule has 29 heavy (non-hydrogen) atoms. The van der Waals surface area contributed by atoms with E-state index in [1.54, 1.807) is 0 Å². The smallest absolute Gasteiger partial charge is 0.421 e. The van der Waals surface area contributed by atoms with Crippen LogP contribution in [0.3, 0.4) is 0 Å². The summed E-state index contributed by atoms with van der Waals surface area (Å²) in [5, 5.41) is 10.0. The summed E-state index contributed by atoms with van der Waals surface area (Å²) in [5.41, 5.74) is -0.0470. The Kier molecular flexibility index (Phi) is 10.2. The Labute approximate surface area is 184 Å². The van der Waals surface area contributed by atoms with Gasteiger partial charge in [0.1, 0.15) is 18.7 Å². The largest absolute Gasteiger partial charge is 0.475 e. The van der Waals surface area contributed by atoms with Gasteiger partial charge >= 0.3 is 6.18 Å². The van der Waals surface area contributed by atoms with Crippen molar-refractivity contribution in [2.45, 2.75) is 39.4 Å². The average Bonchev–Trinajstić information content (AvgIpc) is 3.12. The minimum Gasteiger partial charge on any atom is -0.475 e. The number of rotatable bonds is 8. The predicted molar refractivity (Wildman–Crippen MR) is 114 cm³/mol. The number of nitrogens with zero attached hydrogens (tertiary/aromatic N) is 3. The van der Waals surface area contributed by atoms with Crippen LogP contribution >= 0.6 is 24.0 Å². The maximum atomic E-state index is 12.9. The molecule has 0 saturated carbocycles. The number of hydrogen-bond donors (Lipinski definition) is 2. The minimum atomic E-state index is -4.51. The van der Waals surface area contributed by atoms with Crippen molar-refractivity contribution in [3.05, 3.63) is 41.4 Å². The molecule has 0 fully saturated rings. The number of nitrogens with one attached hydrogen (secondary N) is 2. The lowest BCUT2D eigenvalue weighted by Gasteiger charge is -2.14. The summed E-state index contributed by atoms with van der Waals surface area (Å²) >= 11 is 0. The van der Waals surface area contributed by atoms with Gasteiger partial charge < -0.3 is 19.9 Å². The van der Waals surface area contributed by atoms with E-state index < -0.39 is 17.6 Å². The van der Waals surface area contributed by atoms with E-state index in [1.807, 2.05) is 26.8 Å². The molecule has 0 amide bonds. The second-order valence-electron chi connectivity index (χ2n) is 6.20. The number of pyridine rings is 1. The molecule has 2 N–H and O–H groups in total. The lowest BCUT2D eigenvalue weighted by Crippen LogP contribution is -2.39. The number of ether oxygens (including phenoxy) is 1. The third-order valence-corrected chi connectivity index (χ3v) is 3.62. The number of guanidine groups is 1. The Morgan fingerprint density at radius 2 is 2.07 bits per heavy atom. The van der Waals surface area contributed by atoms with Crippen molar-refractivity contribution >= 4 is 29.9 Å². The van der Waals surface area contributed by atoms with E-state index in [9.17, 15) is 13.2 Å². The molecular formula is C18H25F3IN5O2. The highest BCUT2D eigenvalue weighted by Crippen LogP contribution is 2.34. The van der Waals surface area contributed by atoms with Gasteiger partial charge in [-0.2, -0.15) is 13.2 Å². The normalized spacial score (nSPS) is 11.9. The van der Waals surface area contributed by atoms with Crippen molar-refractivity contribution in [3.63, 3.8) is 0 Å². The zero-order valence-electron chi connectivity index (χ0n) is 16.4. The first-order valence-electron chi connectivity index (χ1n) is 8.94. The summed E-state index contributed by atoms with van der Waals surface area (Å²) < 4.78 is 49.2. The van der Waals surface area contributed by atoms with Gasteiger partial charge in [-0.25, -0.2) is 9.98 Å². The van der Waals surface area contributed by atoms with Gasteiger partial charge in [0.05, 0.1) is 12.2 Å². The van der Waals surface area contributed by atoms with E-state index >= 15 is 0 Å². The van der Waals surface area contributed by atoms with E-state index in [0.29, 0.717) is 18.3 Å². The fourth-order valence-electron chi connectivity index (χ4n) is 2.21. The molecule has 2 aromatic heterocycles. The maximum Gasteiger partial charge on any atom is 0.421 e. The van der Waals surface area contributed by atoms with E-state index in [-0.39, 0.29) is 49.6 Å². The van der Waals surface area contributed by atoms with Crippen LogP contribution in [0.2, 0.25) is 0 Å². The second-order valence-corrected chi connectivity index (χ2v) is 6.20. The maximum absolute atomic E-state index is 12.9. The van der Waals surface area contributed by atoms with Crippen LogP contribution in [0.15, 0.2) is 33.9 Å². The summed E-state index contributed by atoms with van der Waals surface area (Å²) in [6, 6.07) is 4.00. The van der Waals surface area contributed by atoms with Crippen molar-refractivity contribution in [3.8, 4) is 5.88 Å². The molecule has 7 nitrogen and oxygen atoms in total. The highest BCUT2D eigenvalue weighted by molar-refractivity contribution is 14.0. The average molecular weight is 527 g/mol. The lowest BCUT2D eigenvalue weighted by molar-refractivity contribution is -0.139. The molecule has 0 spiro atoms. The zero-order valence-corrected chi connectivity index (χ0v) is 18.7. The predicted octanol–water partition coefficient (Wildman–Crippen LogP) is 3.96. The third kappa shape index (κ3) is 8.07. The van der Waals surface area contributed by atoms with Crippen molar-refractivity contribution in [2.24, 2.45) is 4.99 Å². The van der Waals surface area contributed by atoms with Gasteiger partial charge in [0.25, 0.3) is 0 Å². The van der Waals surface area contributed by atoms with E-state index in [0.717, 1.165) is 11.8 Å². The summed E-state index contributed by atoms with van der Waals surface area (Å²) in [7, 11) is 0. The van der Waals surface area contributed by atoms with Crippen LogP contribution in [0.25, 0.3) is 0 Å². The lowest BCUT2D eigenvalue weighted by atomic mass is 10.1. The summed E-state index contributed by atoms with van der Waals surface area (Å²) in [4.78, 5) is 8.02. The topological polar surface area (TPSA) is 84.6 Å². The number of halogens is 4. The molecule has 162 valence electrons. The van der Waals surface area contributed by atoms with Gasteiger partial charge in [-0.3, -0.25) is 0 Å². The molecule has 0 aliphatic heterocycles.